The topological polar surface area (TPSA) is 69.4 Å². The summed E-state index contributed by atoms with van der Waals surface area (Å²) in [5.41, 5.74) is 0.508. The van der Waals surface area contributed by atoms with Crippen LogP contribution in [-0.4, -0.2) is 10.9 Å². The summed E-state index contributed by atoms with van der Waals surface area (Å²) in [6.07, 6.45) is 2.08. The first-order valence-corrected chi connectivity index (χ1v) is 5.50. The van der Waals surface area contributed by atoms with E-state index in [1.54, 1.807) is 6.92 Å². The molecule has 0 radical (unpaired) electrons. The minimum atomic E-state index is -0.460. The van der Waals surface area contributed by atoms with Crippen molar-refractivity contribution < 1.29 is 14.5 Å². The summed E-state index contributed by atoms with van der Waals surface area (Å²) in [5, 5.41) is 10.6. The van der Waals surface area contributed by atoms with Crippen LogP contribution < -0.4 is 4.74 Å². The Kier molecular flexibility index (Phi) is 4.63. The molecular formula is C12H15NO4. The minimum Gasteiger partial charge on any atom is -0.427 e. The fourth-order valence-corrected chi connectivity index (χ4v) is 1.40. The van der Waals surface area contributed by atoms with E-state index in [4.69, 9.17) is 4.74 Å². The summed E-state index contributed by atoms with van der Waals surface area (Å²) in [6.45, 7) is 3.60. The van der Waals surface area contributed by atoms with Crippen LogP contribution in [0.5, 0.6) is 5.75 Å². The van der Waals surface area contributed by atoms with Gasteiger partial charge >= 0.3 is 5.97 Å². The van der Waals surface area contributed by atoms with Crippen molar-refractivity contribution in [2.75, 3.05) is 0 Å². The lowest BCUT2D eigenvalue weighted by molar-refractivity contribution is -0.385. The van der Waals surface area contributed by atoms with Gasteiger partial charge < -0.3 is 4.74 Å². The van der Waals surface area contributed by atoms with E-state index in [0.717, 1.165) is 12.8 Å². The number of rotatable bonds is 5. The molecule has 0 aliphatic carbocycles. The number of nitro groups is 1. The Bertz CT molecular complexity index is 429. The summed E-state index contributed by atoms with van der Waals surface area (Å²) < 4.78 is 5.07. The second-order valence-electron chi connectivity index (χ2n) is 3.78. The second kappa shape index (κ2) is 5.98. The molecule has 17 heavy (non-hydrogen) atoms. The molecule has 0 saturated heterocycles. The Labute approximate surface area is 99.5 Å². The lowest BCUT2D eigenvalue weighted by atomic mass is 10.2. The van der Waals surface area contributed by atoms with Crippen molar-refractivity contribution in [3.63, 3.8) is 0 Å². The van der Waals surface area contributed by atoms with Crippen molar-refractivity contribution in [3.05, 3.63) is 33.9 Å². The van der Waals surface area contributed by atoms with Gasteiger partial charge in [0.2, 0.25) is 0 Å². The highest BCUT2D eigenvalue weighted by molar-refractivity contribution is 5.72. The van der Waals surface area contributed by atoms with E-state index in [1.807, 2.05) is 6.92 Å². The monoisotopic (exact) mass is 237 g/mol. The average Bonchev–Trinajstić information content (AvgIpc) is 2.26. The smallest absolute Gasteiger partial charge is 0.311 e. The Balaban J connectivity index is 2.70. The number of esters is 1. The molecule has 92 valence electrons. The van der Waals surface area contributed by atoms with E-state index in [1.165, 1.54) is 18.2 Å². The molecule has 1 aromatic rings. The van der Waals surface area contributed by atoms with Crippen molar-refractivity contribution in [3.8, 4) is 5.75 Å². The van der Waals surface area contributed by atoms with Crippen LogP contribution in [0.25, 0.3) is 0 Å². The van der Waals surface area contributed by atoms with Crippen molar-refractivity contribution in [2.24, 2.45) is 0 Å². The summed E-state index contributed by atoms with van der Waals surface area (Å²) in [5.74, 6) is 0.0503. The van der Waals surface area contributed by atoms with Crippen molar-refractivity contribution in [2.45, 2.75) is 33.1 Å². The normalized spacial score (nSPS) is 10.0. The predicted octanol–water partition coefficient (Wildman–Crippen LogP) is 3.00. The molecule has 0 unspecified atom stereocenters. The molecule has 0 N–H and O–H groups in total. The molecule has 0 fully saturated rings. The summed E-state index contributed by atoms with van der Waals surface area (Å²) >= 11 is 0. The molecular weight excluding hydrogens is 222 g/mol. The maximum atomic E-state index is 11.3. The van der Waals surface area contributed by atoms with E-state index in [-0.39, 0.29) is 11.7 Å². The van der Waals surface area contributed by atoms with Crippen LogP contribution in [0.3, 0.4) is 0 Å². The molecule has 0 atom stereocenters. The molecule has 5 nitrogen and oxygen atoms in total. The highest BCUT2D eigenvalue weighted by atomic mass is 16.6. The molecule has 1 rings (SSSR count). The predicted molar refractivity (Wildman–Crippen MR) is 63.0 cm³/mol. The number of aryl methyl sites for hydroxylation is 1. The fourth-order valence-electron chi connectivity index (χ4n) is 1.40. The van der Waals surface area contributed by atoms with E-state index in [9.17, 15) is 14.9 Å². The van der Waals surface area contributed by atoms with Gasteiger partial charge in [-0.3, -0.25) is 14.9 Å². The van der Waals surface area contributed by atoms with E-state index >= 15 is 0 Å². The zero-order valence-electron chi connectivity index (χ0n) is 9.93. The third kappa shape index (κ3) is 3.86. The second-order valence-corrected chi connectivity index (χ2v) is 3.78. The number of unbranched alkanes of at least 4 members (excludes halogenated alkanes) is 1. The Morgan fingerprint density at radius 3 is 2.71 bits per heavy atom. The third-order valence-electron chi connectivity index (χ3n) is 2.33. The van der Waals surface area contributed by atoms with Crippen LogP contribution in [0, 0.1) is 17.0 Å². The van der Waals surface area contributed by atoms with Gasteiger partial charge in [0.1, 0.15) is 5.75 Å². The molecule has 1 aromatic carbocycles. The number of carbonyl (C=O) groups excluding carboxylic acids is 1. The van der Waals surface area contributed by atoms with Crippen LogP contribution in [0.4, 0.5) is 5.69 Å². The first-order chi connectivity index (χ1) is 8.04. The first-order valence-electron chi connectivity index (χ1n) is 5.50. The van der Waals surface area contributed by atoms with Gasteiger partial charge in [0, 0.05) is 18.1 Å². The standard InChI is InChI=1S/C12H15NO4/c1-3-4-5-12(14)17-10-6-7-11(13(15)16)9(2)8-10/h6-8H,3-5H2,1-2H3. The highest BCUT2D eigenvalue weighted by Gasteiger charge is 2.12. The number of nitro benzene ring substituents is 1. The van der Waals surface area contributed by atoms with Gasteiger partial charge in [0.05, 0.1) is 4.92 Å². The first kappa shape index (κ1) is 13.2. The number of hydrogen-bond acceptors (Lipinski definition) is 4. The summed E-state index contributed by atoms with van der Waals surface area (Å²) in [6, 6.07) is 4.29. The van der Waals surface area contributed by atoms with E-state index in [2.05, 4.69) is 0 Å². The Morgan fingerprint density at radius 1 is 1.47 bits per heavy atom. The molecule has 0 aromatic heterocycles. The fraction of sp³-hybridized carbons (Fsp3) is 0.417. The Hall–Kier alpha value is -1.91. The van der Waals surface area contributed by atoms with Crippen molar-refractivity contribution >= 4 is 11.7 Å². The number of benzene rings is 1. The van der Waals surface area contributed by atoms with Gasteiger partial charge in [-0.05, 0) is 25.5 Å². The maximum Gasteiger partial charge on any atom is 0.311 e. The zero-order valence-corrected chi connectivity index (χ0v) is 9.93. The molecule has 0 aliphatic heterocycles. The van der Waals surface area contributed by atoms with Crippen LogP contribution in [0.15, 0.2) is 18.2 Å². The Morgan fingerprint density at radius 2 is 2.18 bits per heavy atom. The minimum absolute atomic E-state index is 0.0263. The molecule has 5 heteroatoms. The summed E-state index contributed by atoms with van der Waals surface area (Å²) in [4.78, 5) is 21.5. The van der Waals surface area contributed by atoms with Gasteiger partial charge in [0.25, 0.3) is 5.69 Å². The lowest BCUT2D eigenvalue weighted by Crippen LogP contribution is -2.07. The lowest BCUT2D eigenvalue weighted by Gasteiger charge is -2.04. The van der Waals surface area contributed by atoms with Gasteiger partial charge in [-0.15, -0.1) is 0 Å². The van der Waals surface area contributed by atoms with Gasteiger partial charge in [-0.1, -0.05) is 13.3 Å². The maximum absolute atomic E-state index is 11.3. The van der Waals surface area contributed by atoms with Gasteiger partial charge in [0.15, 0.2) is 0 Å². The molecule has 0 heterocycles. The molecule has 0 aliphatic rings. The van der Waals surface area contributed by atoms with E-state index in [0.29, 0.717) is 17.7 Å². The van der Waals surface area contributed by atoms with Crippen LogP contribution in [-0.2, 0) is 4.79 Å². The van der Waals surface area contributed by atoms with Crippen LogP contribution >= 0.6 is 0 Å². The third-order valence-corrected chi connectivity index (χ3v) is 2.33. The quantitative estimate of drug-likeness (QED) is 0.341. The molecule has 0 saturated carbocycles. The average molecular weight is 237 g/mol. The number of hydrogen-bond donors (Lipinski definition) is 0. The largest absolute Gasteiger partial charge is 0.427 e. The van der Waals surface area contributed by atoms with Crippen molar-refractivity contribution in [1.29, 1.82) is 0 Å². The van der Waals surface area contributed by atoms with E-state index < -0.39 is 4.92 Å². The highest BCUT2D eigenvalue weighted by Crippen LogP contribution is 2.23. The zero-order chi connectivity index (χ0) is 12.8. The van der Waals surface area contributed by atoms with Crippen LogP contribution in [0.2, 0.25) is 0 Å². The number of nitrogens with zero attached hydrogens (tertiary/aromatic N) is 1. The molecule has 0 amide bonds. The van der Waals surface area contributed by atoms with Gasteiger partial charge in [-0.2, -0.15) is 0 Å². The van der Waals surface area contributed by atoms with Gasteiger partial charge in [-0.25, -0.2) is 0 Å². The number of carbonyl (C=O) groups is 1. The van der Waals surface area contributed by atoms with Crippen LogP contribution in [0.1, 0.15) is 31.7 Å². The summed E-state index contributed by atoms with van der Waals surface area (Å²) in [7, 11) is 0. The number of ether oxygens (including phenoxy) is 1. The SMILES string of the molecule is CCCCC(=O)Oc1ccc([N+](=O)[O-])c(C)c1. The molecule has 0 bridgehead atoms. The van der Waals surface area contributed by atoms with Crippen molar-refractivity contribution in [1.82, 2.24) is 0 Å². The molecule has 0 spiro atoms.